The van der Waals surface area contributed by atoms with Gasteiger partial charge in [0.05, 0.1) is 15.8 Å². The number of fused-ring (bicyclic) bond motifs is 1. The molecule has 2 unspecified atom stereocenters. The Morgan fingerprint density at radius 2 is 1.79 bits per heavy atom. The molecule has 2 atom stereocenters. The average molecular weight is 361 g/mol. The maximum atomic E-state index is 6.19. The van der Waals surface area contributed by atoms with E-state index in [-0.39, 0.29) is 0 Å². The molecule has 1 aliphatic carbocycles. The molecular weight excluding hydrogens is 343 g/mol. The minimum absolute atomic E-state index is 0.444. The van der Waals surface area contributed by atoms with Crippen LogP contribution in [0.5, 0.6) is 0 Å². The number of benzene rings is 2. The van der Waals surface area contributed by atoms with Gasteiger partial charge in [0.25, 0.3) is 0 Å². The van der Waals surface area contributed by atoms with Gasteiger partial charge in [-0.15, -0.1) is 0 Å². The molecule has 0 radical (unpaired) electrons. The maximum absolute atomic E-state index is 6.19. The molecule has 2 aromatic carbocycles. The van der Waals surface area contributed by atoms with Crippen molar-refractivity contribution in [2.75, 3.05) is 13.1 Å². The molecule has 2 fully saturated rings. The van der Waals surface area contributed by atoms with Gasteiger partial charge < -0.3 is 10.2 Å². The topological polar surface area (TPSA) is 33.6 Å². The van der Waals surface area contributed by atoms with Crippen molar-refractivity contribution in [2.24, 2.45) is 22.9 Å². The van der Waals surface area contributed by atoms with Crippen LogP contribution >= 0.6 is 23.2 Å². The van der Waals surface area contributed by atoms with Gasteiger partial charge in [-0.1, -0.05) is 64.8 Å². The fourth-order valence-electron chi connectivity index (χ4n) is 3.54. The first-order valence-electron chi connectivity index (χ1n) is 8.14. The van der Waals surface area contributed by atoms with Crippen LogP contribution in [0.4, 0.5) is 0 Å². The first kappa shape index (κ1) is 15.9. The van der Waals surface area contributed by atoms with E-state index in [1.54, 1.807) is 0 Å². The highest BCUT2D eigenvalue weighted by Crippen LogP contribution is 2.50. The van der Waals surface area contributed by atoms with Gasteiger partial charge in [0.1, 0.15) is 6.61 Å². The van der Waals surface area contributed by atoms with Crippen LogP contribution in [0.3, 0.4) is 0 Å². The van der Waals surface area contributed by atoms with E-state index in [2.05, 4.69) is 10.5 Å². The summed E-state index contributed by atoms with van der Waals surface area (Å²) in [5.41, 5.74) is 3.09. The second-order valence-corrected chi connectivity index (χ2v) is 7.19. The van der Waals surface area contributed by atoms with Crippen molar-refractivity contribution >= 4 is 28.9 Å². The van der Waals surface area contributed by atoms with Crippen molar-refractivity contribution in [2.45, 2.75) is 6.61 Å². The molecule has 0 aromatic heterocycles. The molecule has 24 heavy (non-hydrogen) atoms. The Morgan fingerprint density at radius 1 is 1.04 bits per heavy atom. The average Bonchev–Trinajstić information content (AvgIpc) is 3.05. The highest BCUT2D eigenvalue weighted by Gasteiger charge is 2.55. The van der Waals surface area contributed by atoms with E-state index in [0.29, 0.717) is 34.4 Å². The van der Waals surface area contributed by atoms with Crippen LogP contribution in [-0.2, 0) is 11.4 Å². The van der Waals surface area contributed by atoms with Gasteiger partial charge in [-0.3, -0.25) is 0 Å². The zero-order chi connectivity index (χ0) is 16.5. The summed E-state index contributed by atoms with van der Waals surface area (Å²) in [7, 11) is 0. The van der Waals surface area contributed by atoms with Crippen LogP contribution in [0.15, 0.2) is 53.7 Å². The molecule has 2 aromatic rings. The number of piperidine rings is 1. The van der Waals surface area contributed by atoms with E-state index in [0.717, 1.165) is 29.9 Å². The number of hydrogen-bond acceptors (Lipinski definition) is 3. The Kier molecular flexibility index (Phi) is 4.49. The Morgan fingerprint density at radius 3 is 2.50 bits per heavy atom. The molecular formula is C19H18Cl2N2O. The molecule has 0 spiro atoms. The monoisotopic (exact) mass is 360 g/mol. The smallest absolute Gasteiger partial charge is 0.142 e. The van der Waals surface area contributed by atoms with Gasteiger partial charge in [0.2, 0.25) is 0 Å². The molecule has 3 nitrogen and oxygen atoms in total. The Bertz CT molecular complexity index is 753. The molecule has 5 heteroatoms. The third-order valence-electron chi connectivity index (χ3n) is 4.86. The zero-order valence-electron chi connectivity index (χ0n) is 13.1. The van der Waals surface area contributed by atoms with Crippen molar-refractivity contribution in [1.82, 2.24) is 5.32 Å². The van der Waals surface area contributed by atoms with Crippen LogP contribution in [0, 0.1) is 17.8 Å². The van der Waals surface area contributed by atoms with E-state index in [4.69, 9.17) is 28.0 Å². The number of hydrogen-bond donors (Lipinski definition) is 1. The summed E-state index contributed by atoms with van der Waals surface area (Å²) in [6.45, 7) is 2.56. The SMILES string of the molecule is Clc1ccc(C(=NOCc2ccccc2)C2C3CNCC32)cc1Cl. The van der Waals surface area contributed by atoms with Crippen LogP contribution in [0.2, 0.25) is 10.0 Å². The third kappa shape index (κ3) is 3.16. The van der Waals surface area contributed by atoms with Crippen molar-refractivity contribution < 1.29 is 4.84 Å². The number of rotatable bonds is 5. The maximum Gasteiger partial charge on any atom is 0.142 e. The normalized spacial score (nSPS) is 25.4. The summed E-state index contributed by atoms with van der Waals surface area (Å²) in [5.74, 6) is 1.75. The van der Waals surface area contributed by atoms with Crippen LogP contribution < -0.4 is 5.32 Å². The standard InChI is InChI=1S/C19H18Cl2N2O/c20-16-7-6-13(8-17(16)21)19(18-14-9-22-10-15(14)18)23-24-11-12-4-2-1-3-5-12/h1-8,14-15,18,22H,9-11H2. The van der Waals surface area contributed by atoms with Gasteiger partial charge in [-0.05, 0) is 42.6 Å². The van der Waals surface area contributed by atoms with Gasteiger partial charge in [-0.25, -0.2) is 0 Å². The van der Waals surface area contributed by atoms with E-state index < -0.39 is 0 Å². The first-order chi connectivity index (χ1) is 11.7. The molecule has 1 aliphatic heterocycles. The lowest BCUT2D eigenvalue weighted by Gasteiger charge is -2.10. The summed E-state index contributed by atoms with van der Waals surface area (Å²) >= 11 is 12.2. The quantitative estimate of drug-likeness (QED) is 0.633. The summed E-state index contributed by atoms with van der Waals surface area (Å²) in [6, 6.07) is 15.7. The molecule has 124 valence electrons. The van der Waals surface area contributed by atoms with E-state index in [1.807, 2.05) is 48.5 Å². The summed E-state index contributed by atoms with van der Waals surface area (Å²) in [4.78, 5) is 5.66. The van der Waals surface area contributed by atoms with Crippen molar-refractivity contribution in [3.05, 3.63) is 69.7 Å². The molecule has 1 saturated carbocycles. The Labute approximate surface area is 151 Å². The van der Waals surface area contributed by atoms with Gasteiger partial charge in [-0.2, -0.15) is 0 Å². The van der Waals surface area contributed by atoms with Gasteiger partial charge in [0, 0.05) is 11.5 Å². The van der Waals surface area contributed by atoms with Crippen molar-refractivity contribution in [3.8, 4) is 0 Å². The second-order valence-electron chi connectivity index (χ2n) is 6.38. The Balaban J connectivity index is 1.56. The molecule has 1 N–H and O–H groups in total. The molecule has 1 saturated heterocycles. The zero-order valence-corrected chi connectivity index (χ0v) is 14.6. The van der Waals surface area contributed by atoms with Crippen LogP contribution in [0.1, 0.15) is 11.1 Å². The number of oxime groups is 1. The lowest BCUT2D eigenvalue weighted by Crippen LogP contribution is -2.20. The minimum atomic E-state index is 0.444. The van der Waals surface area contributed by atoms with Crippen molar-refractivity contribution in [3.63, 3.8) is 0 Å². The van der Waals surface area contributed by atoms with E-state index in [9.17, 15) is 0 Å². The highest BCUT2D eigenvalue weighted by atomic mass is 35.5. The minimum Gasteiger partial charge on any atom is -0.391 e. The molecule has 2 aliphatic rings. The first-order valence-corrected chi connectivity index (χ1v) is 8.89. The van der Waals surface area contributed by atoms with Crippen LogP contribution in [0.25, 0.3) is 0 Å². The number of nitrogens with zero attached hydrogens (tertiary/aromatic N) is 1. The molecule has 4 rings (SSSR count). The fraction of sp³-hybridized carbons (Fsp3) is 0.316. The molecule has 0 amide bonds. The number of nitrogens with one attached hydrogen (secondary N) is 1. The molecule has 1 heterocycles. The van der Waals surface area contributed by atoms with Crippen molar-refractivity contribution in [1.29, 1.82) is 0 Å². The van der Waals surface area contributed by atoms with E-state index in [1.165, 1.54) is 0 Å². The number of halogens is 2. The van der Waals surface area contributed by atoms with E-state index >= 15 is 0 Å². The second kappa shape index (κ2) is 6.75. The van der Waals surface area contributed by atoms with Gasteiger partial charge in [0.15, 0.2) is 0 Å². The van der Waals surface area contributed by atoms with Gasteiger partial charge >= 0.3 is 0 Å². The summed E-state index contributed by atoms with van der Waals surface area (Å²) < 4.78 is 0. The summed E-state index contributed by atoms with van der Waals surface area (Å²) in [6.07, 6.45) is 0. The highest BCUT2D eigenvalue weighted by molar-refractivity contribution is 6.42. The summed E-state index contributed by atoms with van der Waals surface area (Å²) in [5, 5.41) is 9.02. The largest absolute Gasteiger partial charge is 0.391 e. The lowest BCUT2D eigenvalue weighted by atomic mass is 10.0. The Hall–Kier alpha value is -1.55. The third-order valence-corrected chi connectivity index (χ3v) is 5.60. The predicted octanol–water partition coefficient (Wildman–Crippen LogP) is 4.38. The fourth-order valence-corrected chi connectivity index (χ4v) is 3.83. The van der Waals surface area contributed by atoms with Crippen LogP contribution in [-0.4, -0.2) is 18.8 Å². The predicted molar refractivity (Wildman–Crippen MR) is 97.6 cm³/mol. The molecule has 0 bridgehead atoms. The lowest BCUT2D eigenvalue weighted by molar-refractivity contribution is 0.129.